The minimum atomic E-state index is -0.600. The van der Waals surface area contributed by atoms with Crippen molar-refractivity contribution in [2.45, 2.75) is 12.5 Å². The summed E-state index contributed by atoms with van der Waals surface area (Å²) in [5, 5.41) is 18.1. The zero-order valence-corrected chi connectivity index (χ0v) is 40.9. The fraction of sp³-hybridized carbons (Fsp3) is 0.222. The Morgan fingerprint density at radius 1 is 0.577 bits per heavy atom. The number of methoxy groups -OCH3 is 7. The fourth-order valence-electron chi connectivity index (χ4n) is 7.98. The van der Waals surface area contributed by atoms with Crippen molar-refractivity contribution in [3.63, 3.8) is 0 Å². The lowest BCUT2D eigenvalue weighted by Gasteiger charge is -2.24. The number of para-hydroxylation sites is 1. The van der Waals surface area contributed by atoms with E-state index in [9.17, 15) is 5.11 Å². The number of aromatic hydroxyl groups is 1. The number of hydrogen-bond donors (Lipinski definition) is 1. The number of ether oxygens (including phenoxy) is 10. The molecule has 0 spiro atoms. The molecule has 0 saturated heterocycles. The van der Waals surface area contributed by atoms with Gasteiger partial charge in [-0.05, 0) is 103 Å². The molecule has 0 bridgehead atoms. The van der Waals surface area contributed by atoms with Crippen LogP contribution in [0.25, 0.3) is 49.1 Å². The second kappa shape index (κ2) is 21.6. The van der Waals surface area contributed by atoms with Gasteiger partial charge in [0, 0.05) is 34.7 Å². The van der Waals surface area contributed by atoms with E-state index in [0.29, 0.717) is 99.5 Å². The summed E-state index contributed by atoms with van der Waals surface area (Å²) in [5.74, 6) is 5.07. The van der Waals surface area contributed by atoms with Gasteiger partial charge < -0.3 is 57.0 Å². The van der Waals surface area contributed by atoms with Crippen molar-refractivity contribution in [1.29, 1.82) is 0 Å². The molecule has 0 fully saturated rings. The number of phenols is 1. The summed E-state index contributed by atoms with van der Waals surface area (Å²) in [6, 6.07) is 35.6. The molecule has 17 heteroatoms. The van der Waals surface area contributed by atoms with E-state index in [-0.39, 0.29) is 18.2 Å². The Bertz CT molecular complexity index is 3090. The van der Waals surface area contributed by atoms with Crippen LogP contribution in [0.3, 0.4) is 0 Å². The predicted molar refractivity (Wildman–Crippen MR) is 268 cm³/mol. The van der Waals surface area contributed by atoms with E-state index in [4.69, 9.17) is 61.7 Å². The summed E-state index contributed by atoms with van der Waals surface area (Å²) in [7, 11) is 10.9. The SMILES string of the molecule is COc1ccc(C2C=C(c3cc(OC)c(OC)c(OC)c3)N(COc3ccc(-c4cc(-c5cc(OC)c(OC)c(OC)c5)no4)cc3O)O2)cc1OCCCOc1ccc(-c2nc3ccccc3s2)cc1. The first kappa shape index (κ1) is 47.8. The molecule has 1 atom stereocenters. The van der Waals surface area contributed by atoms with Crippen molar-refractivity contribution in [2.24, 2.45) is 0 Å². The highest BCUT2D eigenvalue weighted by atomic mass is 32.1. The van der Waals surface area contributed by atoms with Crippen molar-refractivity contribution < 1.29 is 61.8 Å². The third kappa shape index (κ3) is 10.2. The number of hydrogen-bond acceptors (Lipinski definition) is 17. The maximum absolute atomic E-state index is 11.3. The third-order valence-corrected chi connectivity index (χ3v) is 12.6. The van der Waals surface area contributed by atoms with Gasteiger partial charge in [0.05, 0.1) is 78.9 Å². The monoisotopic (exact) mass is 981 g/mol. The molecular weight excluding hydrogens is 931 g/mol. The summed E-state index contributed by atoms with van der Waals surface area (Å²) in [4.78, 5) is 11.4. The van der Waals surface area contributed by atoms with Crippen LogP contribution in [-0.2, 0) is 4.84 Å². The lowest BCUT2D eigenvalue weighted by atomic mass is 10.0. The topological polar surface area (TPSA) is 164 Å². The molecule has 1 N–H and O–H groups in total. The van der Waals surface area contributed by atoms with Gasteiger partial charge in [-0.15, -0.1) is 11.3 Å². The molecule has 16 nitrogen and oxygen atoms in total. The third-order valence-electron chi connectivity index (χ3n) is 11.6. The van der Waals surface area contributed by atoms with Crippen LogP contribution in [0.15, 0.2) is 126 Å². The first-order chi connectivity index (χ1) is 34.7. The van der Waals surface area contributed by atoms with Gasteiger partial charge in [0.25, 0.3) is 0 Å². The summed E-state index contributed by atoms with van der Waals surface area (Å²) >= 11 is 1.67. The standard InChI is InChI=1S/C54H51N3O13S/c1-59-43-20-16-34(24-46(43)67-22-10-21-66-37-17-13-32(14-18-37)54-55-38-11-8-9-12-51(38)71-54)45-30-40(36-27-49(62-4)53(65-7)50(28-36)63-5)57(70-45)31-68-42-19-15-33(23-41(42)58)44-29-39(56-69-44)35-25-47(60-2)52(64-6)48(26-35)61-3/h8-9,11-20,23-30,45,58H,10,21-22,31H2,1-7H3. The molecule has 0 aliphatic carbocycles. The Morgan fingerprint density at radius 3 is 1.86 bits per heavy atom. The van der Waals surface area contributed by atoms with Crippen LogP contribution >= 0.6 is 11.3 Å². The molecule has 0 amide bonds. The highest BCUT2D eigenvalue weighted by Crippen LogP contribution is 2.46. The van der Waals surface area contributed by atoms with Crippen LogP contribution in [0.1, 0.15) is 23.7 Å². The Kier molecular flexibility index (Phi) is 14.5. The van der Waals surface area contributed by atoms with Gasteiger partial charge >= 0.3 is 0 Å². The van der Waals surface area contributed by atoms with E-state index < -0.39 is 6.10 Å². The Labute approximate surface area is 413 Å². The van der Waals surface area contributed by atoms with Gasteiger partial charge in [0.2, 0.25) is 11.5 Å². The quantitative estimate of drug-likeness (QED) is 0.0676. The molecule has 3 heterocycles. The van der Waals surface area contributed by atoms with Crippen LogP contribution in [0, 0.1) is 0 Å². The van der Waals surface area contributed by atoms with E-state index in [2.05, 4.69) is 11.2 Å². The number of fused-ring (bicyclic) bond motifs is 1. The molecule has 8 aromatic rings. The van der Waals surface area contributed by atoms with Crippen molar-refractivity contribution in [3.8, 4) is 96.4 Å². The van der Waals surface area contributed by atoms with Crippen molar-refractivity contribution >= 4 is 27.3 Å². The molecule has 71 heavy (non-hydrogen) atoms. The Morgan fingerprint density at radius 2 is 1.21 bits per heavy atom. The minimum absolute atomic E-state index is 0.135. The van der Waals surface area contributed by atoms with Gasteiger partial charge in [0.1, 0.15) is 22.6 Å². The second-order valence-corrected chi connectivity index (χ2v) is 16.8. The second-order valence-electron chi connectivity index (χ2n) is 15.8. The molecule has 0 radical (unpaired) electrons. The first-order valence-electron chi connectivity index (χ1n) is 22.3. The van der Waals surface area contributed by atoms with Gasteiger partial charge in [-0.25, -0.2) is 10.0 Å². The van der Waals surface area contributed by atoms with Crippen LogP contribution in [0.4, 0.5) is 0 Å². The summed E-state index contributed by atoms with van der Waals surface area (Å²) in [6.07, 6.45) is 1.97. The maximum atomic E-state index is 11.3. The summed E-state index contributed by atoms with van der Waals surface area (Å²) in [6.45, 7) is 0.679. The number of rotatable bonds is 21. The van der Waals surface area contributed by atoms with Crippen molar-refractivity contribution in [3.05, 3.63) is 132 Å². The highest BCUT2D eigenvalue weighted by molar-refractivity contribution is 7.21. The van der Waals surface area contributed by atoms with Crippen molar-refractivity contribution in [1.82, 2.24) is 15.2 Å². The predicted octanol–water partition coefficient (Wildman–Crippen LogP) is 11.3. The Hall–Kier alpha value is -8.28. The number of phenolic OH excluding ortho intramolecular Hbond substituents is 1. The van der Waals surface area contributed by atoms with Crippen LogP contribution < -0.4 is 47.4 Å². The lowest BCUT2D eigenvalue weighted by molar-refractivity contribution is -0.154. The molecular formula is C54H51N3O13S. The molecule has 1 unspecified atom stereocenters. The summed E-state index contributed by atoms with van der Waals surface area (Å²) < 4.78 is 64.6. The van der Waals surface area contributed by atoms with E-state index in [1.54, 1.807) is 89.4 Å². The zero-order valence-electron chi connectivity index (χ0n) is 40.0. The van der Waals surface area contributed by atoms with Crippen LogP contribution in [0.5, 0.6) is 63.2 Å². The van der Waals surface area contributed by atoms with Gasteiger partial charge in [0.15, 0.2) is 58.5 Å². The minimum Gasteiger partial charge on any atom is -0.504 e. The smallest absolute Gasteiger partial charge is 0.203 e. The normalized spacial score (nSPS) is 13.1. The van der Waals surface area contributed by atoms with Gasteiger partial charge in [-0.3, -0.25) is 4.84 Å². The number of benzene rings is 6. The maximum Gasteiger partial charge on any atom is 0.203 e. The first-order valence-corrected chi connectivity index (χ1v) is 23.2. The average Bonchev–Trinajstić information content (AvgIpc) is 4.19. The number of aromatic nitrogens is 2. The molecule has 366 valence electrons. The lowest BCUT2D eigenvalue weighted by Crippen LogP contribution is -2.24. The molecule has 9 rings (SSSR count). The molecule has 0 saturated carbocycles. The van der Waals surface area contributed by atoms with Gasteiger partial charge in [-0.2, -0.15) is 0 Å². The molecule has 1 aliphatic heterocycles. The zero-order chi connectivity index (χ0) is 49.4. The van der Waals surface area contributed by atoms with Crippen molar-refractivity contribution in [2.75, 3.05) is 69.7 Å². The largest absolute Gasteiger partial charge is 0.504 e. The highest BCUT2D eigenvalue weighted by Gasteiger charge is 2.30. The van der Waals surface area contributed by atoms with E-state index in [1.165, 1.54) is 13.2 Å². The summed E-state index contributed by atoms with van der Waals surface area (Å²) in [5.41, 5.74) is 5.90. The number of nitrogens with zero attached hydrogens (tertiary/aromatic N) is 3. The van der Waals surface area contributed by atoms with Gasteiger partial charge in [-0.1, -0.05) is 23.4 Å². The van der Waals surface area contributed by atoms with E-state index >= 15 is 0 Å². The molecule has 2 aromatic heterocycles. The molecule has 6 aromatic carbocycles. The van der Waals surface area contributed by atoms with E-state index in [0.717, 1.165) is 32.1 Å². The van der Waals surface area contributed by atoms with Crippen LogP contribution in [-0.4, -0.2) is 90.0 Å². The van der Waals surface area contributed by atoms with Crippen LogP contribution in [0.2, 0.25) is 0 Å². The number of thiazole rings is 1. The van der Waals surface area contributed by atoms with E-state index in [1.807, 2.05) is 78.9 Å². The average molecular weight is 982 g/mol. The number of hydroxylamine groups is 2. The Balaban J connectivity index is 0.889. The molecule has 1 aliphatic rings. The fourth-order valence-corrected chi connectivity index (χ4v) is 8.95.